The van der Waals surface area contributed by atoms with Crippen LogP contribution in [0.3, 0.4) is 0 Å². The van der Waals surface area contributed by atoms with E-state index in [0.717, 1.165) is 0 Å². The van der Waals surface area contributed by atoms with Crippen molar-refractivity contribution in [3.8, 4) is 0 Å². The molecular formula is C8H13F3N4S. The van der Waals surface area contributed by atoms with Crippen molar-refractivity contribution in [2.24, 2.45) is 5.73 Å². The van der Waals surface area contributed by atoms with Crippen molar-refractivity contribution in [2.45, 2.75) is 38.5 Å². The van der Waals surface area contributed by atoms with Crippen molar-refractivity contribution in [3.63, 3.8) is 0 Å². The Hall–Kier alpha value is -0.890. The van der Waals surface area contributed by atoms with E-state index in [0.29, 0.717) is 18.0 Å². The molecule has 0 saturated heterocycles. The van der Waals surface area contributed by atoms with Crippen LogP contribution < -0.4 is 11.1 Å². The minimum Gasteiger partial charge on any atom is -0.358 e. The van der Waals surface area contributed by atoms with Crippen LogP contribution in [0, 0.1) is 0 Å². The maximum atomic E-state index is 12.2. The van der Waals surface area contributed by atoms with E-state index in [1.165, 1.54) is 0 Å². The van der Waals surface area contributed by atoms with Crippen molar-refractivity contribution in [1.29, 1.82) is 0 Å². The van der Waals surface area contributed by atoms with Crippen LogP contribution in [0.15, 0.2) is 0 Å². The molecule has 0 fully saturated rings. The second kappa shape index (κ2) is 4.96. The van der Waals surface area contributed by atoms with Crippen LogP contribution in [-0.4, -0.2) is 21.4 Å². The van der Waals surface area contributed by atoms with Gasteiger partial charge in [-0.25, -0.2) is 0 Å². The highest BCUT2D eigenvalue weighted by Gasteiger charge is 2.36. The van der Waals surface area contributed by atoms with Gasteiger partial charge in [-0.05, 0) is 20.3 Å². The molecule has 0 radical (unpaired) electrons. The summed E-state index contributed by atoms with van der Waals surface area (Å²) in [5.41, 5.74) is 5.57. The van der Waals surface area contributed by atoms with E-state index in [4.69, 9.17) is 5.73 Å². The standard InChI is InChI=1S/C8H13F3N4S/c1-4(12)3-5(2)13-7-14-6(15-16-7)8(9,10)11/h4-5H,3,12H2,1-2H3,(H,13,14,15). The predicted octanol–water partition coefficient (Wildman–Crippen LogP) is 2.09. The highest BCUT2D eigenvalue weighted by molar-refractivity contribution is 7.09. The summed E-state index contributed by atoms with van der Waals surface area (Å²) in [5.74, 6) is -1.10. The number of hydrogen-bond acceptors (Lipinski definition) is 5. The Kier molecular flexibility index (Phi) is 4.09. The highest BCUT2D eigenvalue weighted by Crippen LogP contribution is 2.29. The zero-order valence-electron chi connectivity index (χ0n) is 8.88. The van der Waals surface area contributed by atoms with E-state index in [1.807, 2.05) is 13.8 Å². The Bertz CT molecular complexity index is 336. The number of halogens is 3. The van der Waals surface area contributed by atoms with Gasteiger partial charge >= 0.3 is 6.18 Å². The van der Waals surface area contributed by atoms with E-state index in [-0.39, 0.29) is 17.2 Å². The molecule has 0 bridgehead atoms. The Labute approximate surface area is 95.2 Å². The number of nitrogens with zero attached hydrogens (tertiary/aromatic N) is 2. The molecule has 2 atom stereocenters. The fraction of sp³-hybridized carbons (Fsp3) is 0.750. The van der Waals surface area contributed by atoms with Gasteiger partial charge in [0, 0.05) is 23.6 Å². The van der Waals surface area contributed by atoms with Crippen molar-refractivity contribution in [1.82, 2.24) is 9.36 Å². The lowest BCUT2D eigenvalue weighted by Gasteiger charge is -2.14. The summed E-state index contributed by atoms with van der Waals surface area (Å²) in [7, 11) is 0. The monoisotopic (exact) mass is 254 g/mol. The number of alkyl halides is 3. The van der Waals surface area contributed by atoms with Crippen molar-refractivity contribution >= 4 is 16.7 Å². The predicted molar refractivity (Wildman–Crippen MR) is 56.3 cm³/mol. The number of nitrogens with one attached hydrogen (secondary N) is 1. The molecule has 1 heterocycles. The third-order valence-corrected chi connectivity index (χ3v) is 2.42. The van der Waals surface area contributed by atoms with Gasteiger partial charge in [-0.15, -0.1) is 0 Å². The van der Waals surface area contributed by atoms with Crippen LogP contribution in [0.2, 0.25) is 0 Å². The zero-order valence-corrected chi connectivity index (χ0v) is 9.69. The quantitative estimate of drug-likeness (QED) is 0.863. The average molecular weight is 254 g/mol. The number of rotatable bonds is 4. The first-order valence-electron chi connectivity index (χ1n) is 4.72. The molecule has 0 aliphatic carbocycles. The molecule has 0 amide bonds. The Morgan fingerprint density at radius 1 is 1.44 bits per heavy atom. The molecule has 16 heavy (non-hydrogen) atoms. The molecular weight excluding hydrogens is 241 g/mol. The van der Waals surface area contributed by atoms with Gasteiger partial charge < -0.3 is 11.1 Å². The number of nitrogens with two attached hydrogens (primary N) is 1. The van der Waals surface area contributed by atoms with Crippen molar-refractivity contribution in [2.75, 3.05) is 5.32 Å². The lowest BCUT2D eigenvalue weighted by molar-refractivity contribution is -0.144. The molecule has 4 nitrogen and oxygen atoms in total. The van der Waals surface area contributed by atoms with Gasteiger partial charge in [0.05, 0.1) is 0 Å². The minimum absolute atomic E-state index is 0.0162. The second-order valence-electron chi connectivity index (χ2n) is 3.68. The fourth-order valence-electron chi connectivity index (χ4n) is 1.22. The molecule has 0 aliphatic heterocycles. The Balaban J connectivity index is 2.59. The van der Waals surface area contributed by atoms with E-state index >= 15 is 0 Å². The molecule has 0 aliphatic rings. The molecule has 0 saturated carbocycles. The van der Waals surface area contributed by atoms with Gasteiger partial charge in [0.25, 0.3) is 0 Å². The topological polar surface area (TPSA) is 63.8 Å². The summed E-state index contributed by atoms with van der Waals surface area (Å²) in [6, 6.07) is -0.0495. The normalized spacial score (nSPS) is 15.9. The summed E-state index contributed by atoms with van der Waals surface area (Å²) in [6.07, 6.45) is -3.83. The molecule has 2 unspecified atom stereocenters. The third-order valence-electron chi connectivity index (χ3n) is 1.77. The summed E-state index contributed by atoms with van der Waals surface area (Å²) in [6.45, 7) is 3.66. The average Bonchev–Trinajstić information content (AvgIpc) is 2.49. The molecule has 1 aromatic rings. The summed E-state index contributed by atoms with van der Waals surface area (Å²) < 4.78 is 39.8. The highest BCUT2D eigenvalue weighted by atomic mass is 32.1. The largest absolute Gasteiger partial charge is 0.452 e. The van der Waals surface area contributed by atoms with Crippen LogP contribution in [-0.2, 0) is 6.18 Å². The second-order valence-corrected chi connectivity index (χ2v) is 4.43. The first-order valence-corrected chi connectivity index (χ1v) is 5.49. The van der Waals surface area contributed by atoms with Gasteiger partial charge in [-0.1, -0.05) is 0 Å². The minimum atomic E-state index is -4.49. The van der Waals surface area contributed by atoms with E-state index in [1.54, 1.807) is 0 Å². The van der Waals surface area contributed by atoms with E-state index < -0.39 is 12.0 Å². The van der Waals surface area contributed by atoms with Gasteiger partial charge in [-0.2, -0.15) is 22.5 Å². The molecule has 3 N–H and O–H groups in total. The SMILES string of the molecule is CC(N)CC(C)Nc1nc(C(F)(F)F)ns1. The first kappa shape index (κ1) is 13.2. The van der Waals surface area contributed by atoms with Gasteiger partial charge in [0.2, 0.25) is 11.0 Å². The smallest absolute Gasteiger partial charge is 0.358 e. The molecule has 92 valence electrons. The van der Waals surface area contributed by atoms with Crippen LogP contribution in [0.1, 0.15) is 26.1 Å². The summed E-state index contributed by atoms with van der Waals surface area (Å²) >= 11 is 0.699. The third kappa shape index (κ3) is 3.93. The lowest BCUT2D eigenvalue weighted by atomic mass is 10.1. The Morgan fingerprint density at radius 3 is 2.50 bits per heavy atom. The summed E-state index contributed by atoms with van der Waals surface area (Å²) in [4.78, 5) is 3.36. The van der Waals surface area contributed by atoms with Crippen LogP contribution in [0.4, 0.5) is 18.3 Å². The van der Waals surface area contributed by atoms with Gasteiger partial charge in [-0.3, -0.25) is 0 Å². The maximum absolute atomic E-state index is 12.2. The molecule has 8 heteroatoms. The molecule has 0 spiro atoms. The van der Waals surface area contributed by atoms with Gasteiger partial charge in [0.15, 0.2) is 0 Å². The van der Waals surface area contributed by atoms with E-state index in [2.05, 4.69) is 14.7 Å². The van der Waals surface area contributed by atoms with Crippen LogP contribution >= 0.6 is 11.5 Å². The zero-order chi connectivity index (χ0) is 12.3. The number of anilines is 1. The van der Waals surface area contributed by atoms with Crippen LogP contribution in [0.25, 0.3) is 0 Å². The van der Waals surface area contributed by atoms with Gasteiger partial charge in [0.1, 0.15) is 0 Å². The van der Waals surface area contributed by atoms with Crippen molar-refractivity contribution < 1.29 is 13.2 Å². The first-order chi connectivity index (χ1) is 7.29. The molecule has 1 aromatic heterocycles. The number of aromatic nitrogens is 2. The molecule has 1 rings (SSSR count). The molecule has 0 aromatic carbocycles. The number of hydrogen-bond donors (Lipinski definition) is 2. The van der Waals surface area contributed by atoms with Crippen molar-refractivity contribution in [3.05, 3.63) is 5.82 Å². The van der Waals surface area contributed by atoms with E-state index in [9.17, 15) is 13.2 Å². The van der Waals surface area contributed by atoms with Crippen LogP contribution in [0.5, 0.6) is 0 Å². The fourth-order valence-corrected chi connectivity index (χ4v) is 1.92. The summed E-state index contributed by atoms with van der Waals surface area (Å²) in [5, 5.41) is 3.00. The maximum Gasteiger partial charge on any atom is 0.452 e. The Morgan fingerprint density at radius 2 is 2.06 bits per heavy atom. The lowest BCUT2D eigenvalue weighted by Crippen LogP contribution is -2.26.